The van der Waals surface area contributed by atoms with Gasteiger partial charge >= 0.3 is 0 Å². The quantitative estimate of drug-likeness (QED) is 0.539. The van der Waals surface area contributed by atoms with Crippen LogP contribution in [0.25, 0.3) is 0 Å². The Labute approximate surface area is 185 Å². The van der Waals surface area contributed by atoms with Crippen molar-refractivity contribution in [3.63, 3.8) is 0 Å². The zero-order valence-electron chi connectivity index (χ0n) is 18.8. The zero-order chi connectivity index (χ0) is 21.8. The van der Waals surface area contributed by atoms with Crippen LogP contribution in [-0.4, -0.2) is 67.5 Å². The molecule has 1 heterocycles. The SMILES string of the molecule is CN(C)C(=O)CN=C(NC1CCN(Cc2ccc(F)cc2)CC1)NC1CC2CCC1C2. The van der Waals surface area contributed by atoms with E-state index in [1.807, 2.05) is 12.1 Å². The summed E-state index contributed by atoms with van der Waals surface area (Å²) in [5, 5.41) is 7.28. The van der Waals surface area contributed by atoms with E-state index in [-0.39, 0.29) is 18.3 Å². The van der Waals surface area contributed by atoms with Crippen LogP contribution in [0.1, 0.15) is 44.1 Å². The first-order valence-corrected chi connectivity index (χ1v) is 11.7. The molecule has 2 N–H and O–H groups in total. The predicted molar refractivity (Wildman–Crippen MR) is 121 cm³/mol. The number of likely N-dealkylation sites (tertiary alicyclic amines) is 1. The molecule has 170 valence electrons. The molecule has 0 aromatic heterocycles. The number of hydrogen-bond acceptors (Lipinski definition) is 3. The molecule has 0 radical (unpaired) electrons. The van der Waals surface area contributed by atoms with E-state index in [2.05, 4.69) is 20.5 Å². The fourth-order valence-corrected chi connectivity index (χ4v) is 5.29. The Morgan fingerprint density at radius 1 is 1.10 bits per heavy atom. The van der Waals surface area contributed by atoms with Crippen LogP contribution in [0.4, 0.5) is 4.39 Å². The number of nitrogens with one attached hydrogen (secondary N) is 2. The van der Waals surface area contributed by atoms with Crippen LogP contribution in [0.2, 0.25) is 0 Å². The lowest BCUT2D eigenvalue weighted by atomic mass is 9.95. The second-order valence-electron chi connectivity index (χ2n) is 9.70. The third-order valence-electron chi connectivity index (χ3n) is 7.18. The molecule has 1 aromatic rings. The third-order valence-corrected chi connectivity index (χ3v) is 7.18. The van der Waals surface area contributed by atoms with Gasteiger partial charge in [-0.2, -0.15) is 0 Å². The van der Waals surface area contributed by atoms with Crippen molar-refractivity contribution in [1.29, 1.82) is 0 Å². The molecule has 3 aliphatic rings. The van der Waals surface area contributed by atoms with Gasteiger partial charge in [-0.25, -0.2) is 9.38 Å². The first-order valence-electron chi connectivity index (χ1n) is 11.7. The summed E-state index contributed by atoms with van der Waals surface area (Å²) in [7, 11) is 3.54. The van der Waals surface area contributed by atoms with Crippen molar-refractivity contribution < 1.29 is 9.18 Å². The second-order valence-corrected chi connectivity index (χ2v) is 9.70. The molecule has 2 aliphatic carbocycles. The highest BCUT2D eigenvalue weighted by molar-refractivity contribution is 5.85. The van der Waals surface area contributed by atoms with E-state index in [0.29, 0.717) is 12.1 Å². The van der Waals surface area contributed by atoms with Crippen molar-refractivity contribution in [3.05, 3.63) is 35.6 Å². The van der Waals surface area contributed by atoms with Crippen LogP contribution in [0.5, 0.6) is 0 Å². The molecular weight excluding hydrogens is 393 g/mol. The van der Waals surface area contributed by atoms with Gasteiger partial charge in [0.2, 0.25) is 5.91 Å². The van der Waals surface area contributed by atoms with E-state index in [1.165, 1.54) is 37.8 Å². The minimum atomic E-state index is -0.186. The highest BCUT2D eigenvalue weighted by Crippen LogP contribution is 2.44. The van der Waals surface area contributed by atoms with Gasteiger partial charge in [-0.15, -0.1) is 0 Å². The Bertz CT molecular complexity index is 773. The van der Waals surface area contributed by atoms with Gasteiger partial charge in [-0.1, -0.05) is 18.6 Å². The van der Waals surface area contributed by atoms with Crippen molar-refractivity contribution >= 4 is 11.9 Å². The molecule has 4 rings (SSSR count). The lowest BCUT2D eigenvalue weighted by Gasteiger charge is -2.34. The number of carbonyl (C=O) groups is 1. The molecule has 1 amide bonds. The van der Waals surface area contributed by atoms with Gasteiger partial charge in [0.1, 0.15) is 12.4 Å². The van der Waals surface area contributed by atoms with Gasteiger partial charge in [0, 0.05) is 45.8 Å². The van der Waals surface area contributed by atoms with E-state index in [4.69, 9.17) is 0 Å². The monoisotopic (exact) mass is 429 g/mol. The maximum absolute atomic E-state index is 13.1. The molecule has 1 aliphatic heterocycles. The molecule has 3 fully saturated rings. The van der Waals surface area contributed by atoms with Crippen LogP contribution in [0, 0.1) is 17.7 Å². The van der Waals surface area contributed by atoms with Crippen LogP contribution in [0.15, 0.2) is 29.3 Å². The molecule has 7 heteroatoms. The summed E-state index contributed by atoms with van der Waals surface area (Å²) in [6.45, 7) is 3.02. The molecule has 0 spiro atoms. The topological polar surface area (TPSA) is 60.0 Å². The lowest BCUT2D eigenvalue weighted by Crippen LogP contribution is -2.52. The van der Waals surface area contributed by atoms with Crippen LogP contribution in [0.3, 0.4) is 0 Å². The molecule has 2 saturated carbocycles. The highest BCUT2D eigenvalue weighted by atomic mass is 19.1. The van der Waals surface area contributed by atoms with Gasteiger partial charge in [-0.3, -0.25) is 9.69 Å². The largest absolute Gasteiger partial charge is 0.354 e. The van der Waals surface area contributed by atoms with Crippen molar-refractivity contribution in [2.24, 2.45) is 16.8 Å². The van der Waals surface area contributed by atoms with Gasteiger partial charge in [0.25, 0.3) is 0 Å². The number of piperidine rings is 1. The summed E-state index contributed by atoms with van der Waals surface area (Å²) in [6.07, 6.45) is 7.30. The summed E-state index contributed by atoms with van der Waals surface area (Å²) >= 11 is 0. The van der Waals surface area contributed by atoms with E-state index in [1.54, 1.807) is 19.0 Å². The normalized spacial score (nSPS) is 26.8. The maximum Gasteiger partial charge on any atom is 0.243 e. The Morgan fingerprint density at radius 2 is 1.84 bits per heavy atom. The van der Waals surface area contributed by atoms with Crippen LogP contribution in [-0.2, 0) is 11.3 Å². The maximum atomic E-state index is 13.1. The first kappa shape index (κ1) is 22.1. The Balaban J connectivity index is 1.30. The Hall–Kier alpha value is -2.15. The number of carbonyl (C=O) groups excluding carboxylic acids is 1. The van der Waals surface area contributed by atoms with Crippen molar-refractivity contribution in [3.8, 4) is 0 Å². The van der Waals surface area contributed by atoms with Gasteiger partial charge in [-0.05, 0) is 61.6 Å². The summed E-state index contributed by atoms with van der Waals surface area (Å²) < 4.78 is 13.1. The van der Waals surface area contributed by atoms with Crippen LogP contribution < -0.4 is 10.6 Å². The standard InChI is InChI=1S/C24H36FN5O/c1-29(2)23(31)15-26-24(28-22-14-18-3-6-19(22)13-18)27-21-9-11-30(12-10-21)16-17-4-7-20(25)8-5-17/h4-5,7-8,18-19,21-22H,3,6,9-16H2,1-2H3,(H2,26,27,28). The van der Waals surface area contributed by atoms with E-state index >= 15 is 0 Å². The summed E-state index contributed by atoms with van der Waals surface area (Å²) in [6, 6.07) is 7.63. The molecule has 3 unspecified atom stereocenters. The smallest absolute Gasteiger partial charge is 0.243 e. The fourth-order valence-electron chi connectivity index (χ4n) is 5.29. The number of amides is 1. The Morgan fingerprint density at radius 3 is 2.45 bits per heavy atom. The number of fused-ring (bicyclic) bond motifs is 2. The number of likely N-dealkylation sites (N-methyl/N-ethyl adjacent to an activating group) is 1. The zero-order valence-corrected chi connectivity index (χ0v) is 18.8. The van der Waals surface area contributed by atoms with Gasteiger partial charge in [0.15, 0.2) is 5.96 Å². The van der Waals surface area contributed by atoms with Gasteiger partial charge in [0.05, 0.1) is 0 Å². The minimum absolute atomic E-state index is 0.0168. The molecule has 1 aromatic carbocycles. The minimum Gasteiger partial charge on any atom is -0.354 e. The fraction of sp³-hybridized carbons (Fsp3) is 0.667. The molecular formula is C24H36FN5O. The molecule has 31 heavy (non-hydrogen) atoms. The van der Waals surface area contributed by atoms with Gasteiger partial charge < -0.3 is 15.5 Å². The van der Waals surface area contributed by atoms with E-state index in [9.17, 15) is 9.18 Å². The predicted octanol–water partition coefficient (Wildman–Crippen LogP) is 2.60. The molecule has 2 bridgehead atoms. The summed E-state index contributed by atoms with van der Waals surface area (Å²) in [5.74, 6) is 2.24. The molecule has 3 atom stereocenters. The third kappa shape index (κ3) is 5.97. The summed E-state index contributed by atoms with van der Waals surface area (Å²) in [4.78, 5) is 20.7. The number of nitrogens with zero attached hydrogens (tertiary/aromatic N) is 3. The van der Waals surface area contributed by atoms with E-state index in [0.717, 1.165) is 55.8 Å². The Kier molecular flexibility index (Phi) is 7.10. The highest BCUT2D eigenvalue weighted by Gasteiger charge is 2.40. The summed E-state index contributed by atoms with van der Waals surface area (Å²) in [5.41, 5.74) is 1.15. The lowest BCUT2D eigenvalue weighted by molar-refractivity contribution is -0.127. The van der Waals surface area contributed by atoms with Crippen molar-refractivity contribution in [2.75, 3.05) is 33.7 Å². The average molecular weight is 430 g/mol. The average Bonchev–Trinajstić information content (AvgIpc) is 3.38. The molecule has 6 nitrogen and oxygen atoms in total. The van der Waals surface area contributed by atoms with E-state index < -0.39 is 0 Å². The number of halogens is 1. The first-order chi connectivity index (χ1) is 15.0. The number of rotatable bonds is 6. The van der Waals surface area contributed by atoms with Crippen LogP contribution >= 0.6 is 0 Å². The number of aliphatic imine (C=N–C) groups is 1. The second kappa shape index (κ2) is 9.98. The molecule has 1 saturated heterocycles. The number of guanidine groups is 1. The number of hydrogen-bond donors (Lipinski definition) is 2. The van der Waals surface area contributed by atoms with Crippen molar-refractivity contribution in [2.45, 2.75) is 57.2 Å². The number of benzene rings is 1. The van der Waals surface area contributed by atoms with Crippen molar-refractivity contribution in [1.82, 2.24) is 20.4 Å².